The molecule has 2 aliphatic carbocycles. The normalized spacial score (nSPS) is 18.1. The fourth-order valence-electron chi connectivity index (χ4n) is 3.60. The Morgan fingerprint density at radius 3 is 2.50 bits per heavy atom. The van der Waals surface area contributed by atoms with Gasteiger partial charge in [0.1, 0.15) is 0 Å². The van der Waals surface area contributed by atoms with Crippen LogP contribution in [0.4, 0.5) is 0 Å². The van der Waals surface area contributed by atoms with Crippen molar-refractivity contribution in [3.8, 4) is 0 Å². The average Bonchev–Trinajstić information content (AvgIpc) is 3.40. The molecule has 0 aliphatic heterocycles. The molecule has 2 aromatic rings. The van der Waals surface area contributed by atoms with Crippen LogP contribution in [0.25, 0.3) is 11.0 Å². The fourth-order valence-corrected chi connectivity index (χ4v) is 3.60. The largest absolute Gasteiger partial charge is 0.338 e. The second-order valence-corrected chi connectivity index (χ2v) is 6.80. The van der Waals surface area contributed by atoms with Crippen LogP contribution < -0.4 is 5.69 Å². The van der Waals surface area contributed by atoms with Gasteiger partial charge in [-0.3, -0.25) is 9.36 Å². The minimum atomic E-state index is -0.151. The number of rotatable bonds is 4. The van der Waals surface area contributed by atoms with Gasteiger partial charge in [0.25, 0.3) is 5.91 Å². The Hall–Kier alpha value is -2.04. The number of nitrogens with one attached hydrogen (secondary N) is 1. The Labute approximate surface area is 128 Å². The summed E-state index contributed by atoms with van der Waals surface area (Å²) in [7, 11) is 3.66. The van der Waals surface area contributed by atoms with E-state index in [4.69, 9.17) is 0 Å². The number of carbonyl (C=O) groups is 1. The Kier molecular flexibility index (Phi) is 2.93. The van der Waals surface area contributed by atoms with Crippen LogP contribution in [0, 0.1) is 11.8 Å². The second-order valence-electron chi connectivity index (χ2n) is 6.80. The van der Waals surface area contributed by atoms with Crippen LogP contribution in [0.5, 0.6) is 0 Å². The molecule has 1 heterocycles. The summed E-state index contributed by atoms with van der Waals surface area (Å²) in [5.41, 5.74) is 2.05. The lowest BCUT2D eigenvalue weighted by molar-refractivity contribution is 0.0690. The number of benzene rings is 1. The van der Waals surface area contributed by atoms with Crippen molar-refractivity contribution in [1.29, 1.82) is 0 Å². The van der Waals surface area contributed by atoms with Crippen LogP contribution in [0.2, 0.25) is 0 Å². The Bertz CT molecular complexity index is 784. The topological polar surface area (TPSA) is 58.1 Å². The molecule has 5 heteroatoms. The summed E-state index contributed by atoms with van der Waals surface area (Å²) in [5.74, 6) is 1.46. The third-order valence-electron chi connectivity index (χ3n) is 5.13. The molecule has 0 unspecified atom stereocenters. The van der Waals surface area contributed by atoms with Gasteiger partial charge in [-0.1, -0.05) is 0 Å². The summed E-state index contributed by atoms with van der Waals surface area (Å²) in [6.07, 6.45) is 5.02. The van der Waals surface area contributed by atoms with Crippen molar-refractivity contribution < 1.29 is 4.79 Å². The summed E-state index contributed by atoms with van der Waals surface area (Å²) >= 11 is 0. The van der Waals surface area contributed by atoms with Crippen LogP contribution in [-0.2, 0) is 7.05 Å². The van der Waals surface area contributed by atoms with E-state index in [1.54, 1.807) is 17.7 Å². The zero-order valence-corrected chi connectivity index (χ0v) is 13.0. The molecule has 2 fully saturated rings. The van der Waals surface area contributed by atoms with Crippen LogP contribution in [0.3, 0.4) is 0 Å². The SMILES string of the molecule is CN(C(=O)c1ccc2c(c1)[nH]c(=O)n2C)C(C1CC1)C1CC1. The molecule has 2 aliphatic rings. The lowest BCUT2D eigenvalue weighted by atomic mass is 10.0. The highest BCUT2D eigenvalue weighted by Gasteiger charge is 2.45. The van der Waals surface area contributed by atoms with Crippen molar-refractivity contribution in [2.45, 2.75) is 31.7 Å². The molecule has 0 atom stereocenters. The van der Waals surface area contributed by atoms with Gasteiger partial charge in [-0.2, -0.15) is 0 Å². The van der Waals surface area contributed by atoms with Gasteiger partial charge in [-0.05, 0) is 55.7 Å². The maximum Gasteiger partial charge on any atom is 0.326 e. The standard InChI is InChI=1S/C17H21N3O2/c1-19-14-8-7-12(9-13(14)18-17(19)22)16(21)20(2)15(10-3-4-10)11-5-6-11/h7-11,15H,3-6H2,1-2H3,(H,18,22). The van der Waals surface area contributed by atoms with Gasteiger partial charge in [0.05, 0.1) is 11.0 Å². The number of fused-ring (bicyclic) bond motifs is 1. The smallest absolute Gasteiger partial charge is 0.326 e. The van der Waals surface area contributed by atoms with E-state index < -0.39 is 0 Å². The molecule has 0 saturated heterocycles. The third kappa shape index (κ3) is 2.16. The van der Waals surface area contributed by atoms with E-state index in [0.29, 0.717) is 23.4 Å². The van der Waals surface area contributed by atoms with Crippen molar-refractivity contribution in [3.05, 3.63) is 34.2 Å². The minimum Gasteiger partial charge on any atom is -0.338 e. The monoisotopic (exact) mass is 299 g/mol. The molecule has 1 N–H and O–H groups in total. The predicted octanol–water partition coefficient (Wildman–Crippen LogP) is 2.13. The van der Waals surface area contributed by atoms with Crippen molar-refractivity contribution in [2.24, 2.45) is 18.9 Å². The number of H-pyrrole nitrogens is 1. The van der Waals surface area contributed by atoms with Crippen molar-refractivity contribution in [3.63, 3.8) is 0 Å². The molecule has 0 bridgehead atoms. The fraction of sp³-hybridized carbons (Fsp3) is 0.529. The first-order valence-electron chi connectivity index (χ1n) is 8.02. The molecule has 1 aromatic heterocycles. The van der Waals surface area contributed by atoms with Crippen molar-refractivity contribution in [2.75, 3.05) is 7.05 Å². The van der Waals surface area contributed by atoms with Gasteiger partial charge >= 0.3 is 5.69 Å². The highest BCUT2D eigenvalue weighted by molar-refractivity contribution is 5.97. The molecule has 1 amide bonds. The maximum absolute atomic E-state index is 12.8. The summed E-state index contributed by atoms with van der Waals surface area (Å²) in [6.45, 7) is 0. The lowest BCUT2D eigenvalue weighted by Crippen LogP contribution is -2.40. The van der Waals surface area contributed by atoms with Gasteiger partial charge in [0.15, 0.2) is 0 Å². The first-order chi connectivity index (χ1) is 10.6. The molecular formula is C17H21N3O2. The Morgan fingerprint density at radius 2 is 1.91 bits per heavy atom. The molecule has 116 valence electrons. The quantitative estimate of drug-likeness (QED) is 0.940. The summed E-state index contributed by atoms with van der Waals surface area (Å²) in [6, 6.07) is 5.87. The number of hydrogen-bond donors (Lipinski definition) is 1. The van der Waals surface area contributed by atoms with E-state index in [-0.39, 0.29) is 11.6 Å². The number of amides is 1. The zero-order valence-electron chi connectivity index (χ0n) is 13.0. The Balaban J connectivity index is 1.65. The number of aromatic nitrogens is 2. The van der Waals surface area contributed by atoms with Crippen LogP contribution in [-0.4, -0.2) is 33.4 Å². The number of carbonyl (C=O) groups excluding carboxylic acids is 1. The van der Waals surface area contributed by atoms with Crippen LogP contribution in [0.15, 0.2) is 23.0 Å². The summed E-state index contributed by atoms with van der Waals surface area (Å²) in [5, 5.41) is 0. The van der Waals surface area contributed by atoms with Gasteiger partial charge in [-0.25, -0.2) is 4.79 Å². The Morgan fingerprint density at radius 1 is 1.27 bits per heavy atom. The number of aryl methyl sites for hydroxylation is 1. The first-order valence-corrected chi connectivity index (χ1v) is 8.02. The highest BCUT2D eigenvalue weighted by atomic mass is 16.2. The molecular weight excluding hydrogens is 278 g/mol. The average molecular weight is 299 g/mol. The highest BCUT2D eigenvalue weighted by Crippen LogP contribution is 2.47. The van der Waals surface area contributed by atoms with E-state index in [9.17, 15) is 9.59 Å². The molecule has 2 saturated carbocycles. The van der Waals surface area contributed by atoms with Crippen molar-refractivity contribution >= 4 is 16.9 Å². The van der Waals surface area contributed by atoms with Gasteiger partial charge < -0.3 is 9.88 Å². The maximum atomic E-state index is 12.8. The summed E-state index contributed by atoms with van der Waals surface area (Å²) < 4.78 is 1.56. The lowest BCUT2D eigenvalue weighted by Gasteiger charge is -2.28. The molecule has 4 rings (SSSR count). The van der Waals surface area contributed by atoms with Gasteiger partial charge in [-0.15, -0.1) is 0 Å². The van der Waals surface area contributed by atoms with Gasteiger partial charge in [0, 0.05) is 25.7 Å². The number of aromatic amines is 1. The minimum absolute atomic E-state index is 0.0652. The molecule has 5 nitrogen and oxygen atoms in total. The van der Waals surface area contributed by atoms with E-state index in [1.807, 2.05) is 24.1 Å². The zero-order chi connectivity index (χ0) is 15.4. The van der Waals surface area contributed by atoms with Gasteiger partial charge in [0.2, 0.25) is 0 Å². The predicted molar refractivity (Wildman–Crippen MR) is 84.9 cm³/mol. The van der Waals surface area contributed by atoms with E-state index in [0.717, 1.165) is 11.0 Å². The molecule has 1 aromatic carbocycles. The second kappa shape index (κ2) is 4.73. The third-order valence-corrected chi connectivity index (χ3v) is 5.13. The van der Waals surface area contributed by atoms with Crippen LogP contribution >= 0.6 is 0 Å². The number of hydrogen-bond acceptors (Lipinski definition) is 2. The molecule has 0 spiro atoms. The van der Waals surface area contributed by atoms with Crippen LogP contribution in [0.1, 0.15) is 36.0 Å². The molecule has 22 heavy (non-hydrogen) atoms. The van der Waals surface area contributed by atoms with Crippen molar-refractivity contribution in [1.82, 2.24) is 14.5 Å². The molecule has 0 radical (unpaired) electrons. The number of imidazole rings is 1. The number of nitrogens with zero attached hydrogens (tertiary/aromatic N) is 2. The first kappa shape index (κ1) is 13.6. The van der Waals surface area contributed by atoms with E-state index >= 15 is 0 Å². The summed E-state index contributed by atoms with van der Waals surface area (Å²) in [4.78, 5) is 29.2. The van der Waals surface area contributed by atoms with E-state index in [2.05, 4.69) is 4.98 Å². The van der Waals surface area contributed by atoms with E-state index in [1.165, 1.54) is 25.7 Å².